The number of methoxy groups -OCH3 is 1. The lowest BCUT2D eigenvalue weighted by atomic mass is 9.93. The number of carbonyl (C=O) groups is 1. The molecule has 0 spiro atoms. The maximum Gasteiger partial charge on any atom is 0.138 e. The minimum Gasteiger partial charge on any atom is -0.379 e. The van der Waals surface area contributed by atoms with Gasteiger partial charge in [-0.2, -0.15) is 0 Å². The third kappa shape index (κ3) is 2.98. The molecule has 0 radical (unpaired) electrons. The van der Waals surface area contributed by atoms with Crippen LogP contribution in [-0.4, -0.2) is 43.5 Å². The first-order valence-corrected chi connectivity index (χ1v) is 6.42. The van der Waals surface area contributed by atoms with Gasteiger partial charge >= 0.3 is 0 Å². The molecule has 1 saturated heterocycles. The molecule has 1 aliphatic rings. The van der Waals surface area contributed by atoms with E-state index < -0.39 is 0 Å². The Hall–Kier alpha value is -1.19. The van der Waals surface area contributed by atoms with Crippen LogP contribution in [0.2, 0.25) is 0 Å². The Bertz CT molecular complexity index is 407. The molecule has 0 unspecified atom stereocenters. The molecule has 98 valence electrons. The predicted octanol–water partition coefficient (Wildman–Crippen LogP) is 2.00. The highest BCUT2D eigenvalue weighted by Crippen LogP contribution is 2.22. The molecule has 3 heteroatoms. The lowest BCUT2D eigenvalue weighted by Crippen LogP contribution is -2.53. The Labute approximate surface area is 109 Å². The molecule has 18 heavy (non-hydrogen) atoms. The molecular formula is C15H21NO2. The molecule has 1 atom stereocenters. The Kier molecular flexibility index (Phi) is 4.15. The lowest BCUT2D eigenvalue weighted by Gasteiger charge is -2.39. The monoisotopic (exact) mass is 247 g/mol. The molecule has 2 rings (SSSR count). The summed E-state index contributed by atoms with van der Waals surface area (Å²) in [6, 6.07) is 8.27. The van der Waals surface area contributed by atoms with Crippen LogP contribution in [0.4, 0.5) is 0 Å². The minimum absolute atomic E-state index is 0.0107. The van der Waals surface area contributed by atoms with Gasteiger partial charge in [-0.05, 0) is 19.4 Å². The first kappa shape index (κ1) is 13.2. The van der Waals surface area contributed by atoms with Gasteiger partial charge in [0.2, 0.25) is 0 Å². The van der Waals surface area contributed by atoms with Crippen molar-refractivity contribution in [3.63, 3.8) is 0 Å². The van der Waals surface area contributed by atoms with E-state index in [1.165, 1.54) is 5.56 Å². The smallest absolute Gasteiger partial charge is 0.138 e. The molecule has 0 aliphatic carbocycles. The van der Waals surface area contributed by atoms with Gasteiger partial charge in [0.1, 0.15) is 5.78 Å². The molecule has 1 aliphatic heterocycles. The van der Waals surface area contributed by atoms with Gasteiger partial charge in [-0.25, -0.2) is 0 Å². The van der Waals surface area contributed by atoms with Crippen LogP contribution < -0.4 is 0 Å². The van der Waals surface area contributed by atoms with E-state index in [1.54, 1.807) is 14.0 Å². The second kappa shape index (κ2) is 5.63. The fraction of sp³-hybridized carbons (Fsp3) is 0.533. The number of benzene rings is 1. The van der Waals surface area contributed by atoms with Crippen LogP contribution in [0.3, 0.4) is 0 Å². The summed E-state index contributed by atoms with van der Waals surface area (Å²) < 4.78 is 5.25. The standard InChI is InChI=1S/C15H21NO2/c1-11-4-6-13(7-5-11)15(12(2)17)10-16-8-14(9-16)18-3/h4-7,14-15H,8-10H2,1-3H3/t15-/m1/s1. The number of carbonyl (C=O) groups excluding carboxylic acids is 1. The van der Waals surface area contributed by atoms with Crippen LogP contribution in [0, 0.1) is 6.92 Å². The molecule has 0 aromatic heterocycles. The van der Waals surface area contributed by atoms with Crippen LogP contribution in [0.1, 0.15) is 24.0 Å². The molecule has 0 saturated carbocycles. The summed E-state index contributed by atoms with van der Waals surface area (Å²) in [5, 5.41) is 0. The molecule has 1 aromatic rings. The zero-order valence-corrected chi connectivity index (χ0v) is 11.3. The largest absolute Gasteiger partial charge is 0.379 e. The number of aryl methyl sites for hydroxylation is 1. The van der Waals surface area contributed by atoms with Crippen LogP contribution in [0.25, 0.3) is 0 Å². The molecule has 1 aromatic carbocycles. The molecular weight excluding hydrogens is 226 g/mol. The number of rotatable bonds is 5. The summed E-state index contributed by atoms with van der Waals surface area (Å²) in [5.41, 5.74) is 2.35. The molecule has 3 nitrogen and oxygen atoms in total. The van der Waals surface area contributed by atoms with Gasteiger partial charge in [-0.15, -0.1) is 0 Å². The predicted molar refractivity (Wildman–Crippen MR) is 71.8 cm³/mol. The van der Waals surface area contributed by atoms with E-state index >= 15 is 0 Å². The zero-order valence-electron chi connectivity index (χ0n) is 11.3. The van der Waals surface area contributed by atoms with Gasteiger partial charge in [-0.1, -0.05) is 29.8 Å². The molecule has 1 fully saturated rings. The summed E-state index contributed by atoms with van der Waals surface area (Å²) in [5.74, 6) is 0.225. The van der Waals surface area contributed by atoms with E-state index in [1.807, 2.05) is 0 Å². The number of ketones is 1. The summed E-state index contributed by atoms with van der Waals surface area (Å²) in [7, 11) is 1.74. The molecule has 0 N–H and O–H groups in total. The van der Waals surface area contributed by atoms with Gasteiger partial charge in [-0.3, -0.25) is 9.69 Å². The van der Waals surface area contributed by atoms with Crippen molar-refractivity contribution >= 4 is 5.78 Å². The number of ether oxygens (including phenoxy) is 1. The summed E-state index contributed by atoms with van der Waals surface area (Å²) in [4.78, 5) is 14.1. The van der Waals surface area contributed by atoms with E-state index in [2.05, 4.69) is 36.1 Å². The van der Waals surface area contributed by atoms with E-state index in [9.17, 15) is 4.79 Å². The number of likely N-dealkylation sites (tertiary alicyclic amines) is 1. The van der Waals surface area contributed by atoms with Gasteiger partial charge in [0.15, 0.2) is 0 Å². The molecule has 0 amide bonds. The maximum atomic E-state index is 11.8. The average Bonchev–Trinajstić information content (AvgIpc) is 2.29. The number of nitrogens with zero attached hydrogens (tertiary/aromatic N) is 1. The molecule has 1 heterocycles. The van der Waals surface area contributed by atoms with Crippen molar-refractivity contribution < 1.29 is 9.53 Å². The third-order valence-corrected chi connectivity index (χ3v) is 3.67. The Morgan fingerprint density at radius 1 is 1.39 bits per heavy atom. The van der Waals surface area contributed by atoms with Crippen LogP contribution >= 0.6 is 0 Å². The summed E-state index contributed by atoms with van der Waals surface area (Å²) in [6.45, 7) is 6.42. The van der Waals surface area contributed by atoms with E-state index in [0.29, 0.717) is 6.10 Å². The van der Waals surface area contributed by atoms with Crippen LogP contribution in [0.15, 0.2) is 24.3 Å². The minimum atomic E-state index is -0.0107. The topological polar surface area (TPSA) is 29.5 Å². The number of hydrogen-bond acceptors (Lipinski definition) is 3. The fourth-order valence-corrected chi connectivity index (χ4v) is 2.35. The highest BCUT2D eigenvalue weighted by atomic mass is 16.5. The zero-order chi connectivity index (χ0) is 13.1. The highest BCUT2D eigenvalue weighted by Gasteiger charge is 2.30. The second-order valence-electron chi connectivity index (χ2n) is 5.15. The van der Waals surface area contributed by atoms with Crippen molar-refractivity contribution in [2.24, 2.45) is 0 Å². The van der Waals surface area contributed by atoms with Crippen molar-refractivity contribution in [1.29, 1.82) is 0 Å². The van der Waals surface area contributed by atoms with Crippen molar-refractivity contribution in [1.82, 2.24) is 4.90 Å². The van der Waals surface area contributed by atoms with Crippen molar-refractivity contribution in [3.05, 3.63) is 35.4 Å². The first-order valence-electron chi connectivity index (χ1n) is 6.42. The normalized spacial score (nSPS) is 18.4. The Morgan fingerprint density at radius 2 is 2.00 bits per heavy atom. The van der Waals surface area contributed by atoms with Gasteiger partial charge in [0.25, 0.3) is 0 Å². The number of Topliss-reactive ketones (excluding diaryl/α,β-unsaturated/α-hetero) is 1. The second-order valence-corrected chi connectivity index (χ2v) is 5.15. The Balaban J connectivity index is 2.01. The van der Waals surface area contributed by atoms with Crippen LogP contribution in [-0.2, 0) is 9.53 Å². The van der Waals surface area contributed by atoms with E-state index in [4.69, 9.17) is 4.74 Å². The van der Waals surface area contributed by atoms with Crippen molar-refractivity contribution in [2.45, 2.75) is 25.9 Å². The van der Waals surface area contributed by atoms with Gasteiger partial charge in [0.05, 0.1) is 12.0 Å². The van der Waals surface area contributed by atoms with E-state index in [0.717, 1.165) is 25.2 Å². The van der Waals surface area contributed by atoms with Gasteiger partial charge in [0, 0.05) is 26.7 Å². The molecule has 0 bridgehead atoms. The van der Waals surface area contributed by atoms with E-state index in [-0.39, 0.29) is 11.7 Å². The van der Waals surface area contributed by atoms with Gasteiger partial charge < -0.3 is 4.74 Å². The fourth-order valence-electron chi connectivity index (χ4n) is 2.35. The first-order chi connectivity index (χ1) is 8.60. The van der Waals surface area contributed by atoms with Crippen molar-refractivity contribution in [2.75, 3.05) is 26.7 Å². The lowest BCUT2D eigenvalue weighted by molar-refractivity contribution is -0.120. The van der Waals surface area contributed by atoms with Crippen molar-refractivity contribution in [3.8, 4) is 0 Å². The SMILES string of the molecule is COC1CN(C[C@H](C(C)=O)c2ccc(C)cc2)C1. The summed E-state index contributed by atoms with van der Waals surface area (Å²) in [6.07, 6.45) is 0.343. The quantitative estimate of drug-likeness (QED) is 0.797. The Morgan fingerprint density at radius 3 is 2.50 bits per heavy atom. The third-order valence-electron chi connectivity index (χ3n) is 3.67. The average molecular weight is 247 g/mol. The maximum absolute atomic E-state index is 11.8. The number of hydrogen-bond donors (Lipinski definition) is 0. The highest BCUT2D eigenvalue weighted by molar-refractivity contribution is 5.83. The summed E-state index contributed by atoms with van der Waals surface area (Å²) >= 11 is 0. The van der Waals surface area contributed by atoms with Crippen LogP contribution in [0.5, 0.6) is 0 Å².